The highest BCUT2D eigenvalue weighted by molar-refractivity contribution is 7.92. The van der Waals surface area contributed by atoms with Gasteiger partial charge in [0.25, 0.3) is 15.9 Å². The lowest BCUT2D eigenvalue weighted by molar-refractivity contribution is 0.0950. The van der Waals surface area contributed by atoms with Crippen LogP contribution in [0.1, 0.15) is 21.5 Å². The van der Waals surface area contributed by atoms with Crippen molar-refractivity contribution in [2.24, 2.45) is 0 Å². The van der Waals surface area contributed by atoms with Gasteiger partial charge in [0.15, 0.2) is 0 Å². The number of sulfonamides is 1. The first-order valence-electron chi connectivity index (χ1n) is 9.72. The molecule has 0 atom stereocenters. The van der Waals surface area contributed by atoms with E-state index in [-0.39, 0.29) is 33.5 Å². The van der Waals surface area contributed by atoms with Crippen LogP contribution in [0.2, 0.25) is 10.0 Å². The summed E-state index contributed by atoms with van der Waals surface area (Å²) in [4.78, 5) is 12.6. The number of hydrogen-bond acceptors (Lipinski definition) is 5. The van der Waals surface area contributed by atoms with Gasteiger partial charge in [0.2, 0.25) is 0 Å². The maximum Gasteiger partial charge on any atom is 0.262 e. The molecule has 0 saturated carbocycles. The van der Waals surface area contributed by atoms with Crippen LogP contribution in [0.5, 0.6) is 11.5 Å². The topological polar surface area (TPSA) is 93.7 Å². The molecule has 3 rings (SSSR count). The van der Waals surface area contributed by atoms with E-state index in [4.69, 9.17) is 32.7 Å². The molecule has 174 valence electrons. The molecular weight excluding hydrogens is 487 g/mol. The van der Waals surface area contributed by atoms with Crippen LogP contribution in [0, 0.1) is 6.92 Å². The first-order chi connectivity index (χ1) is 15.6. The lowest BCUT2D eigenvalue weighted by Gasteiger charge is -2.16. The van der Waals surface area contributed by atoms with Gasteiger partial charge in [0.05, 0.1) is 29.8 Å². The standard InChI is InChI=1S/C23H22Cl2N2O5S/c1-14-4-7-16(23(28)26-13-15-5-8-17(24)9-6-15)10-22(14)33(29,30)27-19-11-18(25)20(31-2)12-21(19)32-3/h4-12,27H,13H2,1-3H3,(H,26,28). The van der Waals surface area contributed by atoms with Crippen LogP contribution >= 0.6 is 23.2 Å². The summed E-state index contributed by atoms with van der Waals surface area (Å²) in [6.07, 6.45) is 0. The van der Waals surface area contributed by atoms with E-state index in [2.05, 4.69) is 10.0 Å². The Morgan fingerprint density at radius 3 is 2.24 bits per heavy atom. The minimum absolute atomic E-state index is 0.0457. The maximum atomic E-state index is 13.2. The highest BCUT2D eigenvalue weighted by Crippen LogP contribution is 2.37. The van der Waals surface area contributed by atoms with Crippen LogP contribution in [0.25, 0.3) is 0 Å². The zero-order valence-electron chi connectivity index (χ0n) is 18.1. The molecule has 0 aliphatic carbocycles. The number of aryl methyl sites for hydroxylation is 1. The van der Waals surface area contributed by atoms with Crippen molar-refractivity contribution in [3.05, 3.63) is 81.3 Å². The number of methoxy groups -OCH3 is 2. The molecule has 3 aromatic rings. The molecule has 0 aliphatic heterocycles. The molecule has 0 aromatic heterocycles. The molecule has 0 spiro atoms. The van der Waals surface area contributed by atoms with Crippen LogP contribution in [-0.4, -0.2) is 28.5 Å². The second-order valence-electron chi connectivity index (χ2n) is 7.08. The Labute approximate surface area is 202 Å². The number of carbonyl (C=O) groups excluding carboxylic acids is 1. The Balaban J connectivity index is 1.85. The second-order valence-corrected chi connectivity index (χ2v) is 9.58. The van der Waals surface area contributed by atoms with Crippen LogP contribution in [0.15, 0.2) is 59.5 Å². The largest absolute Gasteiger partial charge is 0.495 e. The molecule has 33 heavy (non-hydrogen) atoms. The van der Waals surface area contributed by atoms with Gasteiger partial charge in [0.1, 0.15) is 11.5 Å². The molecule has 3 aromatic carbocycles. The number of benzene rings is 3. The number of hydrogen-bond donors (Lipinski definition) is 2. The predicted octanol–water partition coefficient (Wildman–Crippen LogP) is 5.05. The number of ether oxygens (including phenoxy) is 2. The van der Waals surface area contributed by atoms with Crippen molar-refractivity contribution in [2.75, 3.05) is 18.9 Å². The molecule has 0 aliphatic rings. The molecule has 7 nitrogen and oxygen atoms in total. The fourth-order valence-electron chi connectivity index (χ4n) is 3.06. The minimum atomic E-state index is -4.06. The third-order valence-corrected chi connectivity index (χ3v) is 6.88. The van der Waals surface area contributed by atoms with E-state index >= 15 is 0 Å². The molecule has 0 radical (unpaired) electrons. The Morgan fingerprint density at radius 2 is 1.61 bits per heavy atom. The Hall–Kier alpha value is -2.94. The molecule has 0 unspecified atom stereocenters. The number of rotatable bonds is 8. The maximum absolute atomic E-state index is 13.2. The fourth-order valence-corrected chi connectivity index (χ4v) is 4.76. The van der Waals surface area contributed by atoms with E-state index in [0.29, 0.717) is 16.3 Å². The molecule has 0 fully saturated rings. The molecule has 0 saturated heterocycles. The van der Waals surface area contributed by atoms with Crippen molar-refractivity contribution in [3.8, 4) is 11.5 Å². The number of amides is 1. The third-order valence-electron chi connectivity index (χ3n) is 4.82. The van der Waals surface area contributed by atoms with Crippen molar-refractivity contribution in [3.63, 3.8) is 0 Å². The number of nitrogens with one attached hydrogen (secondary N) is 2. The summed E-state index contributed by atoms with van der Waals surface area (Å²) in [5, 5.41) is 3.58. The van der Waals surface area contributed by atoms with Crippen molar-refractivity contribution >= 4 is 44.8 Å². The summed E-state index contributed by atoms with van der Waals surface area (Å²) < 4.78 is 39.2. The van der Waals surface area contributed by atoms with Gasteiger partial charge in [-0.1, -0.05) is 41.4 Å². The average molecular weight is 509 g/mol. The van der Waals surface area contributed by atoms with Crippen LogP contribution in [-0.2, 0) is 16.6 Å². The summed E-state index contributed by atoms with van der Waals surface area (Å²) >= 11 is 12.0. The van der Waals surface area contributed by atoms with Crippen molar-refractivity contribution < 1.29 is 22.7 Å². The molecule has 1 amide bonds. The highest BCUT2D eigenvalue weighted by Gasteiger charge is 2.22. The van der Waals surface area contributed by atoms with Gasteiger partial charge < -0.3 is 14.8 Å². The summed E-state index contributed by atoms with van der Waals surface area (Å²) in [7, 11) is -1.22. The highest BCUT2D eigenvalue weighted by atomic mass is 35.5. The van der Waals surface area contributed by atoms with E-state index in [1.807, 2.05) is 0 Å². The molecule has 2 N–H and O–H groups in total. The van der Waals surface area contributed by atoms with Gasteiger partial charge in [0, 0.05) is 23.2 Å². The Morgan fingerprint density at radius 1 is 0.939 bits per heavy atom. The van der Waals surface area contributed by atoms with Gasteiger partial charge in [-0.15, -0.1) is 0 Å². The minimum Gasteiger partial charge on any atom is -0.495 e. The molecule has 0 heterocycles. The third kappa shape index (κ3) is 5.90. The first kappa shape index (κ1) is 24.7. The lowest BCUT2D eigenvalue weighted by atomic mass is 10.1. The van der Waals surface area contributed by atoms with Gasteiger partial charge in [-0.05, 0) is 48.4 Å². The first-order valence-corrected chi connectivity index (χ1v) is 12.0. The zero-order valence-corrected chi connectivity index (χ0v) is 20.4. The van der Waals surface area contributed by atoms with Crippen LogP contribution in [0.4, 0.5) is 5.69 Å². The number of carbonyl (C=O) groups is 1. The van der Waals surface area contributed by atoms with Gasteiger partial charge in [-0.2, -0.15) is 0 Å². The normalized spacial score (nSPS) is 11.1. The summed E-state index contributed by atoms with van der Waals surface area (Å²) in [5.74, 6) is 0.160. The van der Waals surface area contributed by atoms with Gasteiger partial charge in [-0.3, -0.25) is 9.52 Å². The number of anilines is 1. The van der Waals surface area contributed by atoms with E-state index in [9.17, 15) is 13.2 Å². The summed E-state index contributed by atoms with van der Waals surface area (Å²) in [5.41, 5.74) is 1.67. The van der Waals surface area contributed by atoms with Crippen molar-refractivity contribution in [1.82, 2.24) is 5.32 Å². The van der Waals surface area contributed by atoms with Crippen LogP contribution in [0.3, 0.4) is 0 Å². The van der Waals surface area contributed by atoms with Crippen LogP contribution < -0.4 is 19.5 Å². The van der Waals surface area contributed by atoms with Gasteiger partial charge >= 0.3 is 0 Å². The smallest absolute Gasteiger partial charge is 0.262 e. The molecule has 10 heteroatoms. The summed E-state index contributed by atoms with van der Waals surface area (Å²) in [6, 6.07) is 14.4. The summed E-state index contributed by atoms with van der Waals surface area (Å²) in [6.45, 7) is 1.91. The molecular formula is C23H22Cl2N2O5S. The SMILES string of the molecule is COc1cc(OC)c(NS(=O)(=O)c2cc(C(=O)NCc3ccc(Cl)cc3)ccc2C)cc1Cl. The van der Waals surface area contributed by atoms with E-state index < -0.39 is 15.9 Å². The van der Waals surface area contributed by atoms with E-state index in [1.165, 1.54) is 32.4 Å². The van der Waals surface area contributed by atoms with Crippen molar-refractivity contribution in [2.45, 2.75) is 18.4 Å². The average Bonchev–Trinajstić information content (AvgIpc) is 2.78. The number of halogens is 2. The van der Waals surface area contributed by atoms with E-state index in [1.54, 1.807) is 43.3 Å². The monoisotopic (exact) mass is 508 g/mol. The van der Waals surface area contributed by atoms with E-state index in [0.717, 1.165) is 5.56 Å². The second kappa shape index (κ2) is 10.3. The zero-order chi connectivity index (χ0) is 24.2. The fraction of sp³-hybridized carbons (Fsp3) is 0.174. The Kier molecular flexibility index (Phi) is 7.73. The predicted molar refractivity (Wildman–Crippen MR) is 129 cm³/mol. The van der Waals surface area contributed by atoms with Crippen molar-refractivity contribution in [1.29, 1.82) is 0 Å². The Bertz CT molecular complexity index is 1280. The quantitative estimate of drug-likeness (QED) is 0.443. The lowest BCUT2D eigenvalue weighted by Crippen LogP contribution is -2.23. The molecule has 0 bridgehead atoms. The van der Waals surface area contributed by atoms with Gasteiger partial charge in [-0.25, -0.2) is 8.42 Å².